The summed E-state index contributed by atoms with van der Waals surface area (Å²) < 4.78 is 4.84. The van der Waals surface area contributed by atoms with E-state index in [1.165, 1.54) is 11.8 Å². The molecule has 0 aliphatic carbocycles. The molecular formula is C18H19NO3S. The average molecular weight is 329 g/mol. The van der Waals surface area contributed by atoms with Gasteiger partial charge in [-0.3, -0.25) is 9.59 Å². The van der Waals surface area contributed by atoms with E-state index in [1.54, 1.807) is 6.92 Å². The van der Waals surface area contributed by atoms with Gasteiger partial charge in [0, 0.05) is 4.90 Å². The molecule has 0 heterocycles. The zero-order valence-corrected chi connectivity index (χ0v) is 13.7. The fraction of sp³-hybridized carbons (Fsp3) is 0.222. The molecule has 0 aliphatic heterocycles. The van der Waals surface area contributed by atoms with Crippen LogP contribution in [0, 0.1) is 0 Å². The largest absolute Gasteiger partial charge is 0.465 e. The fourth-order valence-corrected chi connectivity index (χ4v) is 3.07. The molecule has 120 valence electrons. The van der Waals surface area contributed by atoms with Crippen LogP contribution in [0.3, 0.4) is 0 Å². The minimum atomic E-state index is -0.433. The summed E-state index contributed by atoms with van der Waals surface area (Å²) in [6.45, 7) is 1.92. The van der Waals surface area contributed by atoms with Gasteiger partial charge in [-0.15, -0.1) is 11.8 Å². The molecule has 0 aliphatic rings. The Morgan fingerprint density at radius 2 is 1.65 bits per heavy atom. The lowest BCUT2D eigenvalue weighted by Crippen LogP contribution is -2.33. The summed E-state index contributed by atoms with van der Waals surface area (Å²) in [5.74, 6) is -0.643. The van der Waals surface area contributed by atoms with Gasteiger partial charge >= 0.3 is 5.97 Å². The molecule has 0 saturated heterocycles. The molecule has 1 unspecified atom stereocenters. The Morgan fingerprint density at radius 1 is 1.04 bits per heavy atom. The van der Waals surface area contributed by atoms with Crippen LogP contribution in [0.5, 0.6) is 0 Å². The number of rotatable bonds is 7. The van der Waals surface area contributed by atoms with Crippen LogP contribution < -0.4 is 5.32 Å². The summed E-state index contributed by atoms with van der Waals surface area (Å²) in [7, 11) is 0. The number of benzene rings is 2. The summed E-state index contributed by atoms with van der Waals surface area (Å²) in [5, 5.41) is 2.23. The zero-order valence-electron chi connectivity index (χ0n) is 12.9. The number of hydrogen-bond donors (Lipinski definition) is 1. The molecular weight excluding hydrogens is 310 g/mol. The smallest absolute Gasteiger partial charge is 0.325 e. The van der Waals surface area contributed by atoms with Crippen LogP contribution in [0.4, 0.5) is 0 Å². The minimum absolute atomic E-state index is 0.120. The minimum Gasteiger partial charge on any atom is -0.465 e. The van der Waals surface area contributed by atoms with E-state index < -0.39 is 11.2 Å². The first-order valence-electron chi connectivity index (χ1n) is 7.40. The highest BCUT2D eigenvalue weighted by atomic mass is 32.2. The molecule has 2 rings (SSSR count). The van der Waals surface area contributed by atoms with E-state index in [-0.39, 0.29) is 12.5 Å². The monoisotopic (exact) mass is 329 g/mol. The second-order valence-corrected chi connectivity index (χ2v) is 5.92. The molecule has 2 aromatic rings. The molecule has 0 aromatic heterocycles. The van der Waals surface area contributed by atoms with E-state index in [4.69, 9.17) is 4.74 Å². The van der Waals surface area contributed by atoms with Gasteiger partial charge in [0.1, 0.15) is 11.8 Å². The summed E-state index contributed by atoms with van der Waals surface area (Å²) >= 11 is 1.45. The second kappa shape index (κ2) is 9.00. The van der Waals surface area contributed by atoms with E-state index in [2.05, 4.69) is 5.32 Å². The van der Waals surface area contributed by atoms with Gasteiger partial charge in [-0.25, -0.2) is 0 Å². The number of amides is 1. The standard InChI is InChI=1S/C18H19NO3S/c1-2-22-16(20)13-19-18(21)17(14-9-5-3-6-10-14)23-15-11-7-4-8-12-15/h3-12,17H,2,13H2,1H3,(H,19,21). The van der Waals surface area contributed by atoms with Gasteiger partial charge in [-0.2, -0.15) is 0 Å². The normalized spacial score (nSPS) is 11.5. The van der Waals surface area contributed by atoms with Gasteiger partial charge in [0.15, 0.2) is 0 Å². The van der Waals surface area contributed by atoms with Crippen molar-refractivity contribution in [2.45, 2.75) is 17.1 Å². The Hall–Kier alpha value is -2.27. The van der Waals surface area contributed by atoms with Crippen LogP contribution in [0.15, 0.2) is 65.6 Å². The first-order valence-corrected chi connectivity index (χ1v) is 8.28. The molecule has 1 atom stereocenters. The summed E-state index contributed by atoms with van der Waals surface area (Å²) in [5.41, 5.74) is 0.891. The van der Waals surface area contributed by atoms with E-state index in [9.17, 15) is 9.59 Å². The SMILES string of the molecule is CCOC(=O)CNC(=O)C(Sc1ccccc1)c1ccccc1. The van der Waals surface area contributed by atoms with Crippen molar-refractivity contribution in [3.63, 3.8) is 0 Å². The Labute approximate surface area is 140 Å². The molecule has 5 heteroatoms. The number of thioether (sulfide) groups is 1. The summed E-state index contributed by atoms with van der Waals surface area (Å²) in [4.78, 5) is 24.9. The first-order chi connectivity index (χ1) is 11.2. The lowest BCUT2D eigenvalue weighted by molar-refractivity contribution is -0.143. The number of carbonyl (C=O) groups is 2. The zero-order chi connectivity index (χ0) is 16.5. The molecule has 2 aromatic carbocycles. The quantitative estimate of drug-likeness (QED) is 0.626. The van der Waals surface area contributed by atoms with Crippen molar-refractivity contribution in [2.75, 3.05) is 13.2 Å². The van der Waals surface area contributed by atoms with Crippen LogP contribution in [0.1, 0.15) is 17.7 Å². The highest BCUT2D eigenvalue weighted by Gasteiger charge is 2.22. The molecule has 1 N–H and O–H groups in total. The fourth-order valence-electron chi connectivity index (χ4n) is 2.00. The maximum absolute atomic E-state index is 12.5. The van der Waals surface area contributed by atoms with E-state index in [1.807, 2.05) is 60.7 Å². The van der Waals surface area contributed by atoms with Gasteiger partial charge in [0.25, 0.3) is 0 Å². The van der Waals surface area contributed by atoms with Crippen molar-refractivity contribution < 1.29 is 14.3 Å². The van der Waals surface area contributed by atoms with Crippen LogP contribution >= 0.6 is 11.8 Å². The van der Waals surface area contributed by atoms with Crippen LogP contribution in [0.25, 0.3) is 0 Å². The van der Waals surface area contributed by atoms with Crippen molar-refractivity contribution >= 4 is 23.6 Å². The highest BCUT2D eigenvalue weighted by Crippen LogP contribution is 2.35. The predicted octanol–water partition coefficient (Wildman–Crippen LogP) is 3.20. The third kappa shape index (κ3) is 5.45. The molecule has 4 nitrogen and oxygen atoms in total. The first kappa shape index (κ1) is 17.1. The molecule has 0 bridgehead atoms. The summed E-state index contributed by atoms with van der Waals surface area (Å²) in [6, 6.07) is 19.2. The van der Waals surface area contributed by atoms with E-state index in [0.717, 1.165) is 10.5 Å². The highest BCUT2D eigenvalue weighted by molar-refractivity contribution is 8.00. The van der Waals surface area contributed by atoms with Crippen LogP contribution in [-0.4, -0.2) is 25.0 Å². The molecule has 1 amide bonds. The number of ether oxygens (including phenoxy) is 1. The third-order valence-electron chi connectivity index (χ3n) is 3.05. The topological polar surface area (TPSA) is 55.4 Å². The molecule has 0 fully saturated rings. The third-order valence-corrected chi connectivity index (χ3v) is 4.32. The number of nitrogens with one attached hydrogen (secondary N) is 1. The van der Waals surface area contributed by atoms with Gasteiger partial charge < -0.3 is 10.1 Å². The Bertz CT molecular complexity index is 631. The lowest BCUT2D eigenvalue weighted by Gasteiger charge is -2.16. The van der Waals surface area contributed by atoms with Crippen molar-refractivity contribution in [3.05, 3.63) is 66.2 Å². The number of hydrogen-bond acceptors (Lipinski definition) is 4. The predicted molar refractivity (Wildman–Crippen MR) is 91.1 cm³/mol. The van der Waals surface area contributed by atoms with Crippen molar-refractivity contribution in [2.24, 2.45) is 0 Å². The molecule has 0 saturated carbocycles. The van der Waals surface area contributed by atoms with Crippen molar-refractivity contribution in [1.29, 1.82) is 0 Å². The van der Waals surface area contributed by atoms with Gasteiger partial charge in [0.05, 0.1) is 6.61 Å². The lowest BCUT2D eigenvalue weighted by atomic mass is 10.1. The van der Waals surface area contributed by atoms with Gasteiger partial charge in [-0.1, -0.05) is 48.5 Å². The van der Waals surface area contributed by atoms with Crippen LogP contribution in [0.2, 0.25) is 0 Å². The molecule has 0 radical (unpaired) electrons. The Balaban J connectivity index is 2.10. The Morgan fingerprint density at radius 3 is 2.26 bits per heavy atom. The number of esters is 1. The number of carbonyl (C=O) groups excluding carboxylic acids is 2. The second-order valence-electron chi connectivity index (χ2n) is 4.74. The maximum Gasteiger partial charge on any atom is 0.325 e. The average Bonchev–Trinajstić information content (AvgIpc) is 2.59. The van der Waals surface area contributed by atoms with E-state index in [0.29, 0.717) is 6.61 Å². The van der Waals surface area contributed by atoms with Gasteiger partial charge in [0.2, 0.25) is 5.91 Å². The van der Waals surface area contributed by atoms with Crippen LogP contribution in [-0.2, 0) is 14.3 Å². The maximum atomic E-state index is 12.5. The molecule has 23 heavy (non-hydrogen) atoms. The van der Waals surface area contributed by atoms with E-state index >= 15 is 0 Å². The van der Waals surface area contributed by atoms with Gasteiger partial charge in [-0.05, 0) is 24.6 Å². The summed E-state index contributed by atoms with van der Waals surface area (Å²) in [6.07, 6.45) is 0. The van der Waals surface area contributed by atoms with Crippen molar-refractivity contribution in [3.8, 4) is 0 Å². The Kier molecular flexibility index (Phi) is 6.69. The molecule has 0 spiro atoms. The van der Waals surface area contributed by atoms with Crippen molar-refractivity contribution in [1.82, 2.24) is 5.32 Å².